The van der Waals surface area contributed by atoms with Crippen LogP contribution in [0, 0.1) is 0 Å². The molecule has 4 heteroatoms. The zero-order chi connectivity index (χ0) is 22.8. The summed E-state index contributed by atoms with van der Waals surface area (Å²) in [5.74, 6) is 2.53. The molecule has 0 bridgehead atoms. The van der Waals surface area contributed by atoms with Crippen LogP contribution in [0.3, 0.4) is 0 Å². The maximum absolute atomic E-state index is 6.31. The summed E-state index contributed by atoms with van der Waals surface area (Å²) < 4.78 is 23.8. The van der Waals surface area contributed by atoms with E-state index < -0.39 is 6.29 Å². The van der Waals surface area contributed by atoms with Crippen molar-refractivity contribution in [3.05, 3.63) is 109 Å². The van der Waals surface area contributed by atoms with Gasteiger partial charge in [0.1, 0.15) is 0 Å². The quantitative estimate of drug-likeness (QED) is 0.254. The van der Waals surface area contributed by atoms with Crippen molar-refractivity contribution in [3.63, 3.8) is 0 Å². The smallest absolute Gasteiger partial charge is 0.245 e. The average Bonchev–Trinajstić information content (AvgIpc) is 2.82. The van der Waals surface area contributed by atoms with Crippen molar-refractivity contribution in [3.8, 4) is 23.0 Å². The molecule has 0 unspecified atom stereocenters. The van der Waals surface area contributed by atoms with E-state index in [-0.39, 0.29) is 0 Å². The van der Waals surface area contributed by atoms with Gasteiger partial charge in [0, 0.05) is 6.42 Å². The Hall–Kier alpha value is -3.66. The summed E-state index contributed by atoms with van der Waals surface area (Å²) in [6, 6.07) is 21.8. The summed E-state index contributed by atoms with van der Waals surface area (Å²) in [7, 11) is 3.27. The van der Waals surface area contributed by atoms with Crippen molar-refractivity contribution in [2.75, 3.05) is 14.2 Å². The molecule has 0 saturated heterocycles. The SMILES string of the molecule is C=CCc1ccc(OC(Cc2ccccc2)Oc2ccc(CC=C)cc2OC)c(OC)c1. The summed E-state index contributed by atoms with van der Waals surface area (Å²) in [5, 5.41) is 0. The predicted molar refractivity (Wildman–Crippen MR) is 129 cm³/mol. The lowest BCUT2D eigenvalue weighted by Crippen LogP contribution is -2.27. The molecule has 3 rings (SSSR count). The van der Waals surface area contributed by atoms with Crippen LogP contribution in [0.5, 0.6) is 23.0 Å². The number of ether oxygens (including phenoxy) is 4. The van der Waals surface area contributed by atoms with Crippen LogP contribution in [0.2, 0.25) is 0 Å². The van der Waals surface area contributed by atoms with E-state index >= 15 is 0 Å². The highest BCUT2D eigenvalue weighted by atomic mass is 16.7. The van der Waals surface area contributed by atoms with E-state index in [0.29, 0.717) is 29.4 Å². The third-order valence-electron chi connectivity index (χ3n) is 4.98. The highest BCUT2D eigenvalue weighted by Crippen LogP contribution is 2.33. The molecule has 3 aromatic carbocycles. The maximum atomic E-state index is 6.31. The largest absolute Gasteiger partial charge is 0.493 e. The molecule has 0 heterocycles. The van der Waals surface area contributed by atoms with E-state index in [0.717, 1.165) is 29.5 Å². The number of hydrogen-bond donors (Lipinski definition) is 0. The molecule has 0 aliphatic rings. The molecule has 0 aliphatic heterocycles. The number of hydrogen-bond acceptors (Lipinski definition) is 4. The van der Waals surface area contributed by atoms with Crippen LogP contribution in [0.1, 0.15) is 16.7 Å². The molecule has 0 aliphatic carbocycles. The van der Waals surface area contributed by atoms with Gasteiger partial charge in [0.2, 0.25) is 6.29 Å². The second-order valence-corrected chi connectivity index (χ2v) is 7.31. The van der Waals surface area contributed by atoms with Gasteiger partial charge in [-0.15, -0.1) is 13.2 Å². The first kappa shape index (κ1) is 23.0. The molecule has 0 atom stereocenters. The molecule has 0 amide bonds. The number of benzene rings is 3. The minimum absolute atomic E-state index is 0.552. The van der Waals surface area contributed by atoms with Gasteiger partial charge in [-0.3, -0.25) is 0 Å². The molecule has 0 N–H and O–H groups in total. The lowest BCUT2D eigenvalue weighted by atomic mass is 10.1. The Morgan fingerprint density at radius 2 is 1.16 bits per heavy atom. The van der Waals surface area contributed by atoms with Crippen LogP contribution >= 0.6 is 0 Å². The highest BCUT2D eigenvalue weighted by Gasteiger charge is 2.19. The van der Waals surface area contributed by atoms with Crippen molar-refractivity contribution in [2.45, 2.75) is 25.6 Å². The van der Waals surface area contributed by atoms with Crippen LogP contribution in [0.15, 0.2) is 92.0 Å². The standard InChI is InChI=1S/C28H30O4/c1-5-10-21-14-16-24(26(18-21)29-3)31-28(20-23-12-8-7-9-13-23)32-25-17-15-22(11-6-2)19-27(25)30-4/h5-9,12-19,28H,1-2,10-11,20H2,3-4H3. The Labute approximate surface area is 190 Å². The molecule has 32 heavy (non-hydrogen) atoms. The van der Waals surface area contributed by atoms with E-state index in [1.54, 1.807) is 14.2 Å². The third kappa shape index (κ3) is 6.17. The Kier molecular flexibility index (Phi) is 8.38. The van der Waals surface area contributed by atoms with Crippen LogP contribution in [0.25, 0.3) is 0 Å². The summed E-state index contributed by atoms with van der Waals surface area (Å²) in [6.07, 6.45) is 5.20. The maximum Gasteiger partial charge on any atom is 0.245 e. The van der Waals surface area contributed by atoms with Crippen molar-refractivity contribution in [1.82, 2.24) is 0 Å². The van der Waals surface area contributed by atoms with Gasteiger partial charge in [0.25, 0.3) is 0 Å². The third-order valence-corrected chi connectivity index (χ3v) is 4.98. The molecule has 0 radical (unpaired) electrons. The minimum Gasteiger partial charge on any atom is -0.493 e. The fourth-order valence-electron chi connectivity index (χ4n) is 3.40. The fourth-order valence-corrected chi connectivity index (χ4v) is 3.40. The second kappa shape index (κ2) is 11.7. The van der Waals surface area contributed by atoms with Crippen LogP contribution < -0.4 is 18.9 Å². The summed E-state index contributed by atoms with van der Waals surface area (Å²) in [4.78, 5) is 0. The first-order valence-corrected chi connectivity index (χ1v) is 10.6. The molecule has 3 aromatic rings. The Morgan fingerprint density at radius 3 is 1.59 bits per heavy atom. The van der Waals surface area contributed by atoms with Crippen LogP contribution in [-0.4, -0.2) is 20.5 Å². The number of rotatable bonds is 12. The molecule has 4 nitrogen and oxygen atoms in total. The first-order valence-electron chi connectivity index (χ1n) is 10.6. The highest BCUT2D eigenvalue weighted by molar-refractivity contribution is 5.45. The average molecular weight is 431 g/mol. The van der Waals surface area contributed by atoms with E-state index in [1.165, 1.54) is 0 Å². The summed E-state index contributed by atoms with van der Waals surface area (Å²) in [5.41, 5.74) is 3.30. The zero-order valence-electron chi connectivity index (χ0n) is 18.8. The predicted octanol–water partition coefficient (Wildman–Crippen LogP) is 6.19. The van der Waals surface area contributed by atoms with Crippen molar-refractivity contribution in [1.29, 1.82) is 0 Å². The first-order chi connectivity index (χ1) is 15.7. The number of methoxy groups -OCH3 is 2. The normalized spacial score (nSPS) is 10.5. The van der Waals surface area contributed by atoms with Gasteiger partial charge in [0.05, 0.1) is 14.2 Å². The van der Waals surface area contributed by atoms with Gasteiger partial charge in [-0.05, 0) is 53.8 Å². The van der Waals surface area contributed by atoms with Gasteiger partial charge in [0.15, 0.2) is 23.0 Å². The van der Waals surface area contributed by atoms with E-state index in [9.17, 15) is 0 Å². The van der Waals surface area contributed by atoms with E-state index in [4.69, 9.17) is 18.9 Å². The molecular weight excluding hydrogens is 400 g/mol. The van der Waals surface area contributed by atoms with Gasteiger partial charge >= 0.3 is 0 Å². The van der Waals surface area contributed by atoms with E-state index in [1.807, 2.05) is 66.7 Å². The molecule has 0 aromatic heterocycles. The minimum atomic E-state index is -0.587. The Balaban J connectivity index is 1.89. The van der Waals surface area contributed by atoms with Crippen molar-refractivity contribution < 1.29 is 18.9 Å². The molecule has 0 saturated carbocycles. The van der Waals surface area contributed by atoms with Crippen molar-refractivity contribution in [2.24, 2.45) is 0 Å². The zero-order valence-corrected chi connectivity index (χ0v) is 18.8. The van der Waals surface area contributed by atoms with Crippen LogP contribution in [0.4, 0.5) is 0 Å². The summed E-state index contributed by atoms with van der Waals surface area (Å²) in [6.45, 7) is 7.60. The van der Waals surface area contributed by atoms with Gasteiger partial charge < -0.3 is 18.9 Å². The monoisotopic (exact) mass is 430 g/mol. The summed E-state index contributed by atoms with van der Waals surface area (Å²) >= 11 is 0. The second-order valence-electron chi connectivity index (χ2n) is 7.31. The Bertz CT molecular complexity index is 963. The molecule has 166 valence electrons. The van der Waals surface area contributed by atoms with Gasteiger partial charge in [-0.2, -0.15) is 0 Å². The molecule has 0 fully saturated rings. The molecule has 0 spiro atoms. The fraction of sp³-hybridized carbons (Fsp3) is 0.214. The lowest BCUT2D eigenvalue weighted by molar-refractivity contribution is 0.00301. The van der Waals surface area contributed by atoms with Crippen molar-refractivity contribution >= 4 is 0 Å². The number of allylic oxidation sites excluding steroid dienone is 2. The van der Waals surface area contributed by atoms with Gasteiger partial charge in [-0.1, -0.05) is 54.6 Å². The Morgan fingerprint density at radius 1 is 0.656 bits per heavy atom. The van der Waals surface area contributed by atoms with Crippen LogP contribution in [-0.2, 0) is 19.3 Å². The van der Waals surface area contributed by atoms with Gasteiger partial charge in [-0.25, -0.2) is 0 Å². The topological polar surface area (TPSA) is 36.9 Å². The van der Waals surface area contributed by atoms with E-state index in [2.05, 4.69) is 25.3 Å². The lowest BCUT2D eigenvalue weighted by Gasteiger charge is -2.23. The molecular formula is C28H30O4.